The molecular weight excluding hydrogens is 212 g/mol. The van der Waals surface area contributed by atoms with E-state index in [1.165, 1.54) is 0 Å². The lowest BCUT2D eigenvalue weighted by Crippen LogP contribution is -1.77. The Morgan fingerprint density at radius 2 is 1.12 bits per heavy atom. The molecule has 3 nitrogen and oxygen atoms in total. The summed E-state index contributed by atoms with van der Waals surface area (Å²) >= 11 is 0. The third kappa shape index (κ3) is 3.28. The Kier molecular flexibility index (Phi) is 3.65. The van der Waals surface area contributed by atoms with Gasteiger partial charge in [-0.05, 0) is 12.1 Å². The molecule has 0 saturated heterocycles. The Morgan fingerprint density at radius 3 is 1.53 bits per heavy atom. The summed E-state index contributed by atoms with van der Waals surface area (Å²) in [6.45, 7) is 0. The molecule has 2 aromatic carbocycles. The number of fused-ring (bicyclic) bond motifs is 1. The maximum Gasteiger partial charge on any atom is 0.115 e. The van der Waals surface area contributed by atoms with E-state index < -0.39 is 0 Å². The Balaban J connectivity index is 0.000000136. The van der Waals surface area contributed by atoms with E-state index in [2.05, 4.69) is 10.2 Å². The summed E-state index contributed by atoms with van der Waals surface area (Å²) in [5.41, 5.74) is 0. The van der Waals surface area contributed by atoms with Crippen molar-refractivity contribution in [2.75, 3.05) is 0 Å². The first kappa shape index (κ1) is 11.1. The maximum absolute atomic E-state index is 8.63. The lowest BCUT2D eigenvalue weighted by atomic mass is 10.2. The summed E-state index contributed by atoms with van der Waals surface area (Å²) < 4.78 is 0. The molecule has 3 rings (SSSR count). The molecule has 3 aromatic rings. The number of nitrogens with zero attached hydrogens (tertiary/aromatic N) is 2. The van der Waals surface area contributed by atoms with E-state index in [0.29, 0.717) is 5.75 Å². The minimum Gasteiger partial charge on any atom is -0.508 e. The molecule has 0 aliphatic heterocycles. The van der Waals surface area contributed by atoms with Crippen LogP contribution in [0.25, 0.3) is 10.8 Å². The largest absolute Gasteiger partial charge is 0.508 e. The number of phenolic OH excluding ortho intramolecular Hbond substituents is 1. The summed E-state index contributed by atoms with van der Waals surface area (Å²) in [6.07, 6.45) is 3.52. The molecule has 0 radical (unpaired) electrons. The Hall–Kier alpha value is -2.42. The van der Waals surface area contributed by atoms with Crippen LogP contribution in [-0.4, -0.2) is 15.3 Å². The molecule has 0 bridgehead atoms. The maximum atomic E-state index is 8.63. The molecule has 17 heavy (non-hydrogen) atoms. The van der Waals surface area contributed by atoms with Crippen molar-refractivity contribution in [3.05, 3.63) is 67.0 Å². The van der Waals surface area contributed by atoms with E-state index in [1.807, 2.05) is 30.3 Å². The van der Waals surface area contributed by atoms with Crippen molar-refractivity contribution in [2.45, 2.75) is 0 Å². The van der Waals surface area contributed by atoms with E-state index in [1.54, 1.807) is 36.7 Å². The van der Waals surface area contributed by atoms with Crippen LogP contribution in [0.15, 0.2) is 67.0 Å². The summed E-state index contributed by atoms with van der Waals surface area (Å²) in [5, 5.41) is 18.4. The first-order chi connectivity index (χ1) is 8.36. The van der Waals surface area contributed by atoms with Gasteiger partial charge in [0, 0.05) is 10.8 Å². The second-order valence-electron chi connectivity index (χ2n) is 3.45. The molecule has 0 aliphatic rings. The van der Waals surface area contributed by atoms with Crippen molar-refractivity contribution >= 4 is 10.8 Å². The average molecular weight is 224 g/mol. The Morgan fingerprint density at radius 1 is 0.647 bits per heavy atom. The van der Waals surface area contributed by atoms with Crippen LogP contribution in [0.2, 0.25) is 0 Å². The Labute approximate surface area is 99.4 Å². The second-order valence-corrected chi connectivity index (χ2v) is 3.45. The fraction of sp³-hybridized carbons (Fsp3) is 0. The second kappa shape index (κ2) is 5.61. The average Bonchev–Trinajstić information content (AvgIpc) is 2.41. The van der Waals surface area contributed by atoms with Crippen molar-refractivity contribution in [3.8, 4) is 5.75 Å². The standard InChI is InChI=1S/C8H6N2.C6H6O/c1-2-4-8-6-10-9-5-7(8)3-1;7-6-4-2-1-3-5-6/h1-6H;1-5,7H. The van der Waals surface area contributed by atoms with Crippen molar-refractivity contribution in [1.29, 1.82) is 0 Å². The highest BCUT2D eigenvalue weighted by Gasteiger charge is 1.87. The van der Waals surface area contributed by atoms with Crippen LogP contribution in [0.5, 0.6) is 5.75 Å². The SMILES string of the molecule is Oc1ccccc1.c1ccc2cnncc2c1. The van der Waals surface area contributed by atoms with Gasteiger partial charge in [-0.15, -0.1) is 0 Å². The van der Waals surface area contributed by atoms with Crippen LogP contribution in [0, 0.1) is 0 Å². The summed E-state index contributed by atoms with van der Waals surface area (Å²) in [6, 6.07) is 16.7. The van der Waals surface area contributed by atoms with E-state index in [-0.39, 0.29) is 0 Å². The van der Waals surface area contributed by atoms with Gasteiger partial charge in [0.15, 0.2) is 0 Å². The zero-order chi connectivity index (χ0) is 11.9. The molecule has 0 fully saturated rings. The van der Waals surface area contributed by atoms with Crippen LogP contribution >= 0.6 is 0 Å². The van der Waals surface area contributed by atoms with Gasteiger partial charge >= 0.3 is 0 Å². The van der Waals surface area contributed by atoms with Crippen LogP contribution in [0.4, 0.5) is 0 Å². The van der Waals surface area contributed by atoms with Gasteiger partial charge in [-0.3, -0.25) is 0 Å². The van der Waals surface area contributed by atoms with Crippen LogP contribution in [0.3, 0.4) is 0 Å². The number of benzene rings is 2. The lowest BCUT2D eigenvalue weighted by Gasteiger charge is -1.90. The highest BCUT2D eigenvalue weighted by atomic mass is 16.3. The van der Waals surface area contributed by atoms with E-state index >= 15 is 0 Å². The van der Waals surface area contributed by atoms with Crippen molar-refractivity contribution in [1.82, 2.24) is 10.2 Å². The molecule has 0 spiro atoms. The first-order valence-electron chi connectivity index (χ1n) is 5.26. The van der Waals surface area contributed by atoms with Crippen molar-refractivity contribution in [3.63, 3.8) is 0 Å². The number of para-hydroxylation sites is 1. The summed E-state index contributed by atoms with van der Waals surface area (Å²) in [5.74, 6) is 0.322. The molecule has 0 amide bonds. The van der Waals surface area contributed by atoms with Crippen LogP contribution in [-0.2, 0) is 0 Å². The molecule has 0 aliphatic carbocycles. The molecule has 0 unspecified atom stereocenters. The van der Waals surface area contributed by atoms with Gasteiger partial charge in [0.2, 0.25) is 0 Å². The van der Waals surface area contributed by atoms with Crippen LogP contribution in [0.1, 0.15) is 0 Å². The number of rotatable bonds is 0. The highest BCUT2D eigenvalue weighted by Crippen LogP contribution is 2.08. The predicted octanol–water partition coefficient (Wildman–Crippen LogP) is 3.02. The molecule has 84 valence electrons. The van der Waals surface area contributed by atoms with Gasteiger partial charge in [0.05, 0.1) is 12.4 Å². The van der Waals surface area contributed by atoms with Gasteiger partial charge < -0.3 is 5.11 Å². The monoisotopic (exact) mass is 224 g/mol. The quantitative estimate of drug-likeness (QED) is 0.638. The van der Waals surface area contributed by atoms with Gasteiger partial charge in [0.25, 0.3) is 0 Å². The molecule has 1 heterocycles. The van der Waals surface area contributed by atoms with E-state index in [4.69, 9.17) is 5.11 Å². The number of phenols is 1. The normalized spacial score (nSPS) is 9.41. The molecule has 3 heteroatoms. The Bertz CT molecular complexity index is 516. The lowest BCUT2D eigenvalue weighted by molar-refractivity contribution is 0.475. The van der Waals surface area contributed by atoms with Crippen molar-refractivity contribution < 1.29 is 5.11 Å². The molecular formula is C14H12N2O. The number of aromatic hydroxyl groups is 1. The van der Waals surface area contributed by atoms with E-state index in [9.17, 15) is 0 Å². The van der Waals surface area contributed by atoms with Gasteiger partial charge in [-0.25, -0.2) is 0 Å². The van der Waals surface area contributed by atoms with Gasteiger partial charge in [-0.1, -0.05) is 42.5 Å². The predicted molar refractivity (Wildman–Crippen MR) is 67.6 cm³/mol. The smallest absolute Gasteiger partial charge is 0.115 e. The number of hydrogen-bond acceptors (Lipinski definition) is 3. The minimum absolute atomic E-state index is 0.322. The first-order valence-corrected chi connectivity index (χ1v) is 5.26. The topological polar surface area (TPSA) is 46.0 Å². The minimum atomic E-state index is 0.322. The van der Waals surface area contributed by atoms with Gasteiger partial charge in [0.1, 0.15) is 5.75 Å². The number of hydrogen-bond donors (Lipinski definition) is 1. The molecule has 1 aromatic heterocycles. The third-order valence-electron chi connectivity index (χ3n) is 2.21. The van der Waals surface area contributed by atoms with Gasteiger partial charge in [-0.2, -0.15) is 10.2 Å². The highest BCUT2D eigenvalue weighted by molar-refractivity contribution is 5.80. The molecule has 0 atom stereocenters. The number of aromatic nitrogens is 2. The zero-order valence-corrected chi connectivity index (χ0v) is 9.19. The molecule has 0 saturated carbocycles. The fourth-order valence-corrected chi connectivity index (χ4v) is 1.37. The molecule has 1 N–H and O–H groups in total. The third-order valence-corrected chi connectivity index (χ3v) is 2.21. The summed E-state index contributed by atoms with van der Waals surface area (Å²) in [7, 11) is 0. The summed E-state index contributed by atoms with van der Waals surface area (Å²) in [4.78, 5) is 0. The fourth-order valence-electron chi connectivity index (χ4n) is 1.37. The zero-order valence-electron chi connectivity index (χ0n) is 9.19. The van der Waals surface area contributed by atoms with Crippen LogP contribution < -0.4 is 0 Å². The van der Waals surface area contributed by atoms with Crippen molar-refractivity contribution in [2.24, 2.45) is 0 Å². The van der Waals surface area contributed by atoms with E-state index in [0.717, 1.165) is 10.8 Å².